The van der Waals surface area contributed by atoms with E-state index in [9.17, 15) is 8.96 Å². The normalized spacial score (nSPS) is 15.0. The van der Waals surface area contributed by atoms with Crippen LogP contribution in [0.3, 0.4) is 0 Å². The number of rotatable bonds is 3. The van der Waals surface area contributed by atoms with Crippen LogP contribution in [0.25, 0.3) is 0 Å². The average Bonchev–Trinajstić information content (AvgIpc) is 2.09. The van der Waals surface area contributed by atoms with Gasteiger partial charge >= 0.3 is 7.82 Å². The summed E-state index contributed by atoms with van der Waals surface area (Å²) in [5.74, 6) is -1.17. The molecule has 0 aliphatic rings. The van der Waals surface area contributed by atoms with Crippen LogP contribution in [-0.4, -0.2) is 4.89 Å². The predicted molar refractivity (Wildman–Crippen MR) is 43.8 cm³/mol. The molecule has 0 aliphatic carbocycles. The second-order valence-corrected chi connectivity index (χ2v) is 3.73. The third kappa shape index (κ3) is 2.97. The van der Waals surface area contributed by atoms with Crippen LogP contribution in [0.4, 0.5) is 4.39 Å². The molecule has 1 N–H and O–H groups in total. The summed E-state index contributed by atoms with van der Waals surface area (Å²) in [4.78, 5) is 8.71. The highest BCUT2D eigenvalue weighted by Gasteiger charge is 2.23. The molecule has 72 valence electrons. The molecule has 1 aromatic carbocycles. The predicted octanol–water partition coefficient (Wildman–Crippen LogP) is 2.48. The number of hydrogen-bond acceptors (Lipinski definition) is 3. The Labute approximate surface area is 78.6 Å². The molecular formula is C6H5ClFO4P. The molecule has 0 bridgehead atoms. The molecule has 0 spiro atoms. The van der Waals surface area contributed by atoms with Crippen LogP contribution in [0.2, 0.25) is 0 Å². The molecule has 0 aromatic heterocycles. The van der Waals surface area contributed by atoms with Gasteiger partial charge in [-0.25, -0.2) is 8.96 Å². The zero-order valence-corrected chi connectivity index (χ0v) is 7.83. The van der Waals surface area contributed by atoms with Crippen molar-refractivity contribution in [1.82, 2.24) is 0 Å². The summed E-state index contributed by atoms with van der Waals surface area (Å²) in [6.45, 7) is 0. The molecule has 7 heteroatoms. The van der Waals surface area contributed by atoms with Gasteiger partial charge in [-0.1, -0.05) is 12.1 Å². The SMILES string of the molecule is O=P(O)(OCl)Oc1ccccc1F. The molecule has 1 aromatic rings. The first-order valence-electron chi connectivity index (χ1n) is 3.12. The quantitative estimate of drug-likeness (QED) is 0.805. The van der Waals surface area contributed by atoms with Crippen molar-refractivity contribution in [2.24, 2.45) is 0 Å². The number of benzene rings is 1. The molecule has 1 rings (SSSR count). The summed E-state index contributed by atoms with van der Waals surface area (Å²) in [6, 6.07) is 5.09. The number of hydrogen-bond donors (Lipinski definition) is 1. The van der Waals surface area contributed by atoms with Gasteiger partial charge < -0.3 is 4.52 Å². The monoisotopic (exact) mass is 226 g/mol. The Bertz CT molecular complexity index is 345. The number of phosphoric acid groups is 1. The van der Waals surface area contributed by atoms with Gasteiger partial charge in [0.1, 0.15) is 0 Å². The number of halogens is 2. The van der Waals surface area contributed by atoms with Crippen LogP contribution in [0.5, 0.6) is 5.75 Å². The largest absolute Gasteiger partial charge is 0.544 e. The summed E-state index contributed by atoms with van der Waals surface area (Å²) in [6.07, 6.45) is 0. The van der Waals surface area contributed by atoms with Crippen molar-refractivity contribution in [3.8, 4) is 5.75 Å². The van der Waals surface area contributed by atoms with Crippen LogP contribution in [0.15, 0.2) is 24.3 Å². The van der Waals surface area contributed by atoms with Gasteiger partial charge in [-0.3, -0.25) is 4.89 Å². The average molecular weight is 227 g/mol. The summed E-state index contributed by atoms with van der Waals surface area (Å²) in [5.41, 5.74) is 0. The molecule has 0 fully saturated rings. The maximum atomic E-state index is 12.8. The van der Waals surface area contributed by atoms with E-state index in [1.807, 2.05) is 0 Å². The van der Waals surface area contributed by atoms with Crippen LogP contribution in [0, 0.1) is 5.82 Å². The Morgan fingerprint density at radius 1 is 1.46 bits per heavy atom. The van der Waals surface area contributed by atoms with E-state index in [4.69, 9.17) is 4.89 Å². The third-order valence-electron chi connectivity index (χ3n) is 1.14. The van der Waals surface area contributed by atoms with Crippen molar-refractivity contribution in [2.45, 2.75) is 0 Å². The van der Waals surface area contributed by atoms with E-state index in [1.54, 1.807) is 0 Å². The number of phosphoric ester groups is 1. The molecule has 0 amide bonds. The fourth-order valence-electron chi connectivity index (χ4n) is 0.657. The number of para-hydroxylation sites is 1. The third-order valence-corrected chi connectivity index (χ3v) is 2.26. The van der Waals surface area contributed by atoms with Crippen LogP contribution >= 0.6 is 19.7 Å². The van der Waals surface area contributed by atoms with E-state index in [0.717, 1.165) is 6.07 Å². The van der Waals surface area contributed by atoms with E-state index >= 15 is 0 Å². The first kappa shape index (κ1) is 10.5. The van der Waals surface area contributed by atoms with Gasteiger partial charge in [0.15, 0.2) is 11.6 Å². The van der Waals surface area contributed by atoms with Gasteiger partial charge in [-0.2, -0.15) is 4.08 Å². The van der Waals surface area contributed by atoms with Crippen molar-refractivity contribution in [2.75, 3.05) is 0 Å². The molecule has 0 saturated carbocycles. The molecule has 0 aliphatic heterocycles. The molecule has 0 radical (unpaired) electrons. The van der Waals surface area contributed by atoms with E-state index in [2.05, 4.69) is 20.5 Å². The summed E-state index contributed by atoms with van der Waals surface area (Å²) in [7, 11) is -4.40. The Hall–Kier alpha value is -0.610. The Balaban J connectivity index is 2.86. The highest BCUT2D eigenvalue weighted by atomic mass is 35.5. The Kier molecular flexibility index (Phi) is 3.27. The maximum absolute atomic E-state index is 12.8. The lowest BCUT2D eigenvalue weighted by atomic mass is 10.3. The van der Waals surface area contributed by atoms with Gasteiger partial charge in [-0.05, 0) is 12.1 Å². The lowest BCUT2D eigenvalue weighted by Gasteiger charge is -2.08. The second-order valence-electron chi connectivity index (χ2n) is 2.06. The zero-order chi connectivity index (χ0) is 9.90. The van der Waals surface area contributed by atoms with Crippen molar-refractivity contribution >= 4 is 19.7 Å². The van der Waals surface area contributed by atoms with Crippen molar-refractivity contribution in [1.29, 1.82) is 0 Å². The molecule has 0 heterocycles. The van der Waals surface area contributed by atoms with E-state index in [0.29, 0.717) is 0 Å². The first-order valence-corrected chi connectivity index (χ1v) is 4.93. The highest BCUT2D eigenvalue weighted by Crippen LogP contribution is 2.45. The van der Waals surface area contributed by atoms with Crippen LogP contribution in [-0.2, 0) is 8.64 Å². The second kappa shape index (κ2) is 4.07. The smallest absolute Gasteiger partial charge is 0.400 e. The minimum absolute atomic E-state index is 0.394. The Morgan fingerprint density at radius 2 is 2.08 bits per heavy atom. The van der Waals surface area contributed by atoms with E-state index in [1.165, 1.54) is 18.2 Å². The molecule has 1 atom stereocenters. The van der Waals surface area contributed by atoms with E-state index in [-0.39, 0.29) is 0 Å². The summed E-state index contributed by atoms with van der Waals surface area (Å²) >= 11 is 4.63. The fraction of sp³-hybridized carbons (Fsp3) is 0. The molecule has 0 saturated heterocycles. The first-order chi connectivity index (χ1) is 6.05. The Morgan fingerprint density at radius 3 is 2.62 bits per heavy atom. The minimum Gasteiger partial charge on any atom is -0.400 e. The molecular weight excluding hydrogens is 221 g/mol. The lowest BCUT2D eigenvalue weighted by molar-refractivity contribution is 0.294. The molecule has 13 heavy (non-hydrogen) atoms. The van der Waals surface area contributed by atoms with Gasteiger partial charge in [0, 0.05) is 0 Å². The van der Waals surface area contributed by atoms with Crippen molar-refractivity contribution in [3.63, 3.8) is 0 Å². The zero-order valence-electron chi connectivity index (χ0n) is 6.18. The molecule has 4 nitrogen and oxygen atoms in total. The van der Waals surface area contributed by atoms with Crippen LogP contribution < -0.4 is 4.52 Å². The van der Waals surface area contributed by atoms with Crippen molar-refractivity contribution < 1.29 is 22.4 Å². The van der Waals surface area contributed by atoms with Gasteiger partial charge in [0.05, 0.1) is 11.9 Å². The van der Waals surface area contributed by atoms with E-state index < -0.39 is 19.4 Å². The minimum atomic E-state index is -4.40. The summed E-state index contributed by atoms with van der Waals surface area (Å²) in [5, 5.41) is 0. The lowest BCUT2D eigenvalue weighted by Crippen LogP contribution is -1.93. The highest BCUT2D eigenvalue weighted by molar-refractivity contribution is 7.48. The fourth-order valence-corrected chi connectivity index (χ4v) is 1.17. The van der Waals surface area contributed by atoms with Gasteiger partial charge in [-0.15, -0.1) is 0 Å². The van der Waals surface area contributed by atoms with Gasteiger partial charge in [0.25, 0.3) is 0 Å². The van der Waals surface area contributed by atoms with Crippen molar-refractivity contribution in [3.05, 3.63) is 30.1 Å². The molecule has 1 unspecified atom stereocenters. The standard InChI is InChI=1S/C6H5ClFO4P/c7-12-13(9,10)11-6-4-2-1-3-5(6)8/h1-4H,(H,9,10). The summed E-state index contributed by atoms with van der Waals surface area (Å²) < 4.78 is 31.4. The van der Waals surface area contributed by atoms with Gasteiger partial charge in [0.2, 0.25) is 0 Å². The topological polar surface area (TPSA) is 55.8 Å². The maximum Gasteiger partial charge on any atom is 0.544 e. The van der Waals surface area contributed by atoms with Crippen LogP contribution in [0.1, 0.15) is 0 Å².